The second kappa shape index (κ2) is 5.65. The standard InChI is InChI=1S/C13H8BrF3N2O2/c14-7-2-1-5(3-9(7)18)19-13(21)6-4-8(15)11(17)12(20)10(6)16/h1-4,20H,18H2,(H,19,21). The fraction of sp³-hybridized carbons (Fsp3) is 0. The Hall–Kier alpha value is -2.22. The zero-order valence-electron chi connectivity index (χ0n) is 10.3. The molecule has 0 fully saturated rings. The van der Waals surface area contributed by atoms with Crippen LogP contribution in [0.15, 0.2) is 28.7 Å². The van der Waals surface area contributed by atoms with E-state index in [4.69, 9.17) is 10.8 Å². The number of carbonyl (C=O) groups excluding carboxylic acids is 1. The maximum atomic E-state index is 13.6. The monoisotopic (exact) mass is 360 g/mol. The van der Waals surface area contributed by atoms with Crippen LogP contribution in [0.25, 0.3) is 0 Å². The van der Waals surface area contributed by atoms with Gasteiger partial charge in [-0.2, -0.15) is 4.39 Å². The molecule has 0 unspecified atom stereocenters. The maximum Gasteiger partial charge on any atom is 0.258 e. The third kappa shape index (κ3) is 2.94. The smallest absolute Gasteiger partial charge is 0.258 e. The lowest BCUT2D eigenvalue weighted by Gasteiger charge is -2.09. The molecule has 0 aromatic heterocycles. The van der Waals surface area contributed by atoms with Gasteiger partial charge in [0.15, 0.2) is 17.4 Å². The summed E-state index contributed by atoms with van der Waals surface area (Å²) in [6.07, 6.45) is 0. The molecule has 0 bridgehead atoms. The molecule has 4 nitrogen and oxygen atoms in total. The van der Waals surface area contributed by atoms with E-state index in [1.807, 2.05) is 0 Å². The molecule has 4 N–H and O–H groups in total. The van der Waals surface area contributed by atoms with Crippen molar-refractivity contribution in [2.24, 2.45) is 0 Å². The van der Waals surface area contributed by atoms with Gasteiger partial charge in [0.05, 0.1) is 5.56 Å². The van der Waals surface area contributed by atoms with Gasteiger partial charge in [-0.1, -0.05) is 0 Å². The van der Waals surface area contributed by atoms with Crippen molar-refractivity contribution in [2.75, 3.05) is 11.1 Å². The quantitative estimate of drug-likeness (QED) is 0.567. The lowest BCUT2D eigenvalue weighted by atomic mass is 10.1. The molecule has 0 atom stereocenters. The molecule has 8 heteroatoms. The molecule has 0 heterocycles. The molecule has 0 radical (unpaired) electrons. The highest BCUT2D eigenvalue weighted by atomic mass is 79.9. The Balaban J connectivity index is 2.35. The molecule has 0 spiro atoms. The van der Waals surface area contributed by atoms with Gasteiger partial charge in [0.25, 0.3) is 5.91 Å². The zero-order valence-corrected chi connectivity index (χ0v) is 11.8. The number of nitrogen functional groups attached to an aromatic ring is 1. The molecular weight excluding hydrogens is 353 g/mol. The van der Waals surface area contributed by atoms with Crippen molar-refractivity contribution in [3.63, 3.8) is 0 Å². The van der Waals surface area contributed by atoms with Crippen LogP contribution in [0.3, 0.4) is 0 Å². The number of hydrogen-bond acceptors (Lipinski definition) is 3. The summed E-state index contributed by atoms with van der Waals surface area (Å²) in [7, 11) is 0. The number of nitrogens with two attached hydrogens (primary N) is 1. The summed E-state index contributed by atoms with van der Waals surface area (Å²) in [4.78, 5) is 11.8. The number of aromatic hydroxyl groups is 1. The molecule has 2 aromatic rings. The van der Waals surface area contributed by atoms with Gasteiger partial charge in [0.1, 0.15) is 0 Å². The topological polar surface area (TPSA) is 75.3 Å². The Morgan fingerprint density at radius 1 is 1.19 bits per heavy atom. The van der Waals surface area contributed by atoms with Crippen molar-refractivity contribution in [1.29, 1.82) is 0 Å². The third-order valence-corrected chi connectivity index (χ3v) is 3.35. The molecule has 21 heavy (non-hydrogen) atoms. The van der Waals surface area contributed by atoms with E-state index in [0.717, 1.165) is 0 Å². The summed E-state index contributed by atoms with van der Waals surface area (Å²) in [6, 6.07) is 4.77. The van der Waals surface area contributed by atoms with Gasteiger partial charge in [-0.25, -0.2) is 8.78 Å². The number of anilines is 2. The van der Waals surface area contributed by atoms with E-state index in [2.05, 4.69) is 21.2 Å². The van der Waals surface area contributed by atoms with Crippen molar-refractivity contribution in [3.05, 3.63) is 51.8 Å². The number of nitrogens with one attached hydrogen (secondary N) is 1. The maximum absolute atomic E-state index is 13.6. The number of rotatable bonds is 2. The summed E-state index contributed by atoms with van der Waals surface area (Å²) < 4.78 is 40.3. The van der Waals surface area contributed by atoms with Crippen molar-refractivity contribution >= 4 is 33.2 Å². The average molecular weight is 361 g/mol. The van der Waals surface area contributed by atoms with Crippen LogP contribution in [0.5, 0.6) is 5.75 Å². The van der Waals surface area contributed by atoms with Gasteiger partial charge < -0.3 is 16.2 Å². The van der Waals surface area contributed by atoms with E-state index in [0.29, 0.717) is 16.2 Å². The Kier molecular flexibility index (Phi) is 4.08. The van der Waals surface area contributed by atoms with Crippen LogP contribution in [0.1, 0.15) is 10.4 Å². The van der Waals surface area contributed by atoms with Crippen molar-refractivity contribution in [3.8, 4) is 5.75 Å². The fourth-order valence-corrected chi connectivity index (χ4v) is 1.82. The van der Waals surface area contributed by atoms with Gasteiger partial charge in [-0.15, -0.1) is 0 Å². The van der Waals surface area contributed by atoms with E-state index < -0.39 is 34.7 Å². The Labute approximate surface area is 125 Å². The molecule has 0 saturated heterocycles. The summed E-state index contributed by atoms with van der Waals surface area (Å²) in [5.41, 5.74) is 5.33. The summed E-state index contributed by atoms with van der Waals surface area (Å²) in [5.74, 6) is -7.43. The first kappa shape index (κ1) is 15.2. The van der Waals surface area contributed by atoms with E-state index >= 15 is 0 Å². The lowest BCUT2D eigenvalue weighted by molar-refractivity contribution is 0.102. The van der Waals surface area contributed by atoms with Crippen molar-refractivity contribution in [2.45, 2.75) is 0 Å². The predicted octanol–water partition coefficient (Wildman–Crippen LogP) is 3.41. The Morgan fingerprint density at radius 3 is 2.48 bits per heavy atom. The fourth-order valence-electron chi connectivity index (χ4n) is 1.58. The molecule has 110 valence electrons. The number of amides is 1. The molecule has 0 saturated carbocycles. The van der Waals surface area contributed by atoms with Crippen LogP contribution in [0.2, 0.25) is 0 Å². The largest absolute Gasteiger partial charge is 0.503 e. The highest BCUT2D eigenvalue weighted by Gasteiger charge is 2.22. The first-order valence-electron chi connectivity index (χ1n) is 5.54. The molecular formula is C13H8BrF3N2O2. The highest BCUT2D eigenvalue weighted by Crippen LogP contribution is 2.27. The van der Waals surface area contributed by atoms with Crippen LogP contribution in [-0.4, -0.2) is 11.0 Å². The Bertz CT molecular complexity index is 738. The first-order chi connectivity index (χ1) is 9.81. The van der Waals surface area contributed by atoms with Crippen LogP contribution >= 0.6 is 15.9 Å². The van der Waals surface area contributed by atoms with E-state index in [9.17, 15) is 18.0 Å². The minimum absolute atomic E-state index is 0.226. The van der Waals surface area contributed by atoms with Crippen LogP contribution in [0, 0.1) is 17.5 Å². The van der Waals surface area contributed by atoms with E-state index in [1.165, 1.54) is 12.1 Å². The van der Waals surface area contributed by atoms with Crippen molar-refractivity contribution < 1.29 is 23.1 Å². The highest BCUT2D eigenvalue weighted by molar-refractivity contribution is 9.10. The molecule has 0 aliphatic heterocycles. The average Bonchev–Trinajstić information content (AvgIpc) is 2.44. The summed E-state index contributed by atoms with van der Waals surface area (Å²) >= 11 is 3.16. The minimum Gasteiger partial charge on any atom is -0.503 e. The van der Waals surface area contributed by atoms with Gasteiger partial charge in [-0.3, -0.25) is 4.79 Å². The lowest BCUT2D eigenvalue weighted by Crippen LogP contribution is -2.15. The summed E-state index contributed by atoms with van der Waals surface area (Å²) in [5, 5.41) is 11.3. The zero-order chi connectivity index (χ0) is 15.7. The van der Waals surface area contributed by atoms with Crippen LogP contribution in [0.4, 0.5) is 24.5 Å². The number of hydrogen-bond donors (Lipinski definition) is 3. The number of phenols is 1. The second-order valence-electron chi connectivity index (χ2n) is 4.07. The first-order valence-corrected chi connectivity index (χ1v) is 6.33. The molecule has 2 aromatic carbocycles. The molecule has 0 aliphatic carbocycles. The SMILES string of the molecule is Nc1cc(NC(=O)c2cc(F)c(F)c(O)c2F)ccc1Br. The number of carbonyl (C=O) groups is 1. The molecule has 1 amide bonds. The summed E-state index contributed by atoms with van der Waals surface area (Å²) in [6.45, 7) is 0. The number of phenolic OH excluding ortho intramolecular Hbond substituents is 1. The van der Waals surface area contributed by atoms with E-state index in [-0.39, 0.29) is 5.69 Å². The van der Waals surface area contributed by atoms with Gasteiger partial charge in [0, 0.05) is 15.8 Å². The number of benzene rings is 2. The second-order valence-corrected chi connectivity index (χ2v) is 4.93. The van der Waals surface area contributed by atoms with Crippen LogP contribution < -0.4 is 11.1 Å². The van der Waals surface area contributed by atoms with Crippen molar-refractivity contribution in [1.82, 2.24) is 0 Å². The van der Waals surface area contributed by atoms with Crippen LogP contribution in [-0.2, 0) is 0 Å². The minimum atomic E-state index is -1.75. The molecule has 0 aliphatic rings. The normalized spacial score (nSPS) is 10.5. The number of halogens is 4. The van der Waals surface area contributed by atoms with E-state index in [1.54, 1.807) is 6.07 Å². The van der Waals surface area contributed by atoms with Gasteiger partial charge in [-0.05, 0) is 40.2 Å². The Morgan fingerprint density at radius 2 is 1.86 bits per heavy atom. The van der Waals surface area contributed by atoms with Gasteiger partial charge in [0.2, 0.25) is 5.82 Å². The third-order valence-electron chi connectivity index (χ3n) is 2.63. The molecule has 2 rings (SSSR count). The predicted molar refractivity (Wildman–Crippen MR) is 74.5 cm³/mol. The van der Waals surface area contributed by atoms with Gasteiger partial charge >= 0.3 is 0 Å².